The maximum absolute atomic E-state index is 12.8. The Kier molecular flexibility index (Phi) is 6.79. The lowest BCUT2D eigenvalue weighted by Gasteiger charge is -2.15. The van der Waals surface area contributed by atoms with Crippen molar-refractivity contribution in [3.8, 4) is 5.69 Å². The van der Waals surface area contributed by atoms with Gasteiger partial charge in [-0.1, -0.05) is 60.3 Å². The molecule has 1 heterocycles. The molecule has 0 spiro atoms. The van der Waals surface area contributed by atoms with Crippen LogP contribution in [0.1, 0.15) is 18.1 Å². The van der Waals surface area contributed by atoms with Crippen LogP contribution in [0.3, 0.4) is 0 Å². The lowest BCUT2D eigenvalue weighted by molar-refractivity contribution is -0.123. The lowest BCUT2D eigenvalue weighted by atomic mass is 10.1. The monoisotopic (exact) mass is 458 g/mol. The van der Waals surface area contributed by atoms with Crippen molar-refractivity contribution < 1.29 is 9.59 Å². The van der Waals surface area contributed by atoms with Gasteiger partial charge in [0.2, 0.25) is 11.8 Å². The van der Waals surface area contributed by atoms with Crippen LogP contribution in [0, 0.1) is 13.8 Å². The Hall–Kier alpha value is -3.58. The Morgan fingerprint density at radius 1 is 0.939 bits per heavy atom. The van der Waals surface area contributed by atoms with Crippen molar-refractivity contribution in [2.45, 2.75) is 31.2 Å². The minimum absolute atomic E-state index is 0.0907. The lowest BCUT2D eigenvalue weighted by Crippen LogP contribution is -2.37. The number of benzene rings is 3. The van der Waals surface area contributed by atoms with E-state index in [2.05, 4.69) is 15.2 Å². The fourth-order valence-electron chi connectivity index (χ4n) is 3.63. The number of aromatic nitrogens is 2. The molecule has 1 aromatic heterocycles. The Morgan fingerprint density at radius 2 is 1.61 bits per heavy atom. The first-order valence-electron chi connectivity index (χ1n) is 10.8. The summed E-state index contributed by atoms with van der Waals surface area (Å²) in [7, 11) is 0. The molecule has 6 nitrogen and oxygen atoms in total. The number of para-hydroxylation sites is 4. The van der Waals surface area contributed by atoms with Gasteiger partial charge in [-0.3, -0.25) is 14.2 Å². The number of carbonyl (C=O) groups excluding carboxylic acids is 2. The van der Waals surface area contributed by atoms with Crippen molar-refractivity contribution in [3.63, 3.8) is 0 Å². The third-order valence-corrected chi connectivity index (χ3v) is 6.42. The summed E-state index contributed by atoms with van der Waals surface area (Å²) in [5.41, 5.74) is 5.58. The highest BCUT2D eigenvalue weighted by Crippen LogP contribution is 2.30. The van der Waals surface area contributed by atoms with E-state index in [-0.39, 0.29) is 18.4 Å². The second-order valence-corrected chi connectivity index (χ2v) is 9.15. The molecular weight excluding hydrogens is 432 g/mol. The van der Waals surface area contributed by atoms with Crippen LogP contribution < -0.4 is 10.6 Å². The average molecular weight is 459 g/mol. The summed E-state index contributed by atoms with van der Waals surface area (Å²) in [6, 6.07) is 23.7. The zero-order valence-corrected chi connectivity index (χ0v) is 19.6. The summed E-state index contributed by atoms with van der Waals surface area (Å²) in [4.78, 5) is 29.9. The van der Waals surface area contributed by atoms with Gasteiger partial charge in [0, 0.05) is 11.4 Å². The Labute approximate surface area is 197 Å². The molecule has 2 amide bonds. The first-order valence-corrected chi connectivity index (χ1v) is 11.7. The summed E-state index contributed by atoms with van der Waals surface area (Å²) in [6.45, 7) is 5.61. The Bertz CT molecular complexity index is 1280. The third kappa shape index (κ3) is 5.09. The molecule has 0 aliphatic carbocycles. The summed E-state index contributed by atoms with van der Waals surface area (Å²) >= 11 is 1.37. The number of anilines is 1. The van der Waals surface area contributed by atoms with E-state index in [1.54, 1.807) is 0 Å². The van der Waals surface area contributed by atoms with Gasteiger partial charge >= 0.3 is 0 Å². The van der Waals surface area contributed by atoms with Gasteiger partial charge < -0.3 is 10.6 Å². The molecule has 1 unspecified atom stereocenters. The van der Waals surface area contributed by atoms with Crippen LogP contribution in [0.2, 0.25) is 0 Å². The number of fused-ring (bicyclic) bond motifs is 1. The van der Waals surface area contributed by atoms with Crippen molar-refractivity contribution in [2.24, 2.45) is 0 Å². The molecule has 0 saturated heterocycles. The molecule has 0 fully saturated rings. The molecular formula is C26H26N4O2S. The van der Waals surface area contributed by atoms with Crippen LogP contribution in [0.4, 0.5) is 5.69 Å². The number of rotatable bonds is 7. The van der Waals surface area contributed by atoms with Crippen LogP contribution in [0.5, 0.6) is 0 Å². The molecule has 4 aromatic rings. The summed E-state index contributed by atoms with van der Waals surface area (Å²) in [5, 5.41) is 5.93. The zero-order valence-electron chi connectivity index (χ0n) is 18.8. The largest absolute Gasteiger partial charge is 0.346 e. The fraction of sp³-hybridized carbons (Fsp3) is 0.192. The van der Waals surface area contributed by atoms with Crippen molar-refractivity contribution in [3.05, 3.63) is 83.9 Å². The predicted molar refractivity (Wildman–Crippen MR) is 134 cm³/mol. The Morgan fingerprint density at radius 3 is 2.33 bits per heavy atom. The fourth-order valence-corrected chi connectivity index (χ4v) is 4.59. The van der Waals surface area contributed by atoms with E-state index >= 15 is 0 Å². The van der Waals surface area contributed by atoms with Gasteiger partial charge in [-0.05, 0) is 56.2 Å². The van der Waals surface area contributed by atoms with E-state index in [0.29, 0.717) is 0 Å². The molecule has 33 heavy (non-hydrogen) atoms. The second-order valence-electron chi connectivity index (χ2n) is 7.85. The normalized spacial score (nSPS) is 11.8. The summed E-state index contributed by atoms with van der Waals surface area (Å²) in [5.74, 6) is -0.474. The van der Waals surface area contributed by atoms with Gasteiger partial charge in [0.05, 0.1) is 22.8 Å². The van der Waals surface area contributed by atoms with E-state index < -0.39 is 5.25 Å². The number of hydrogen-bond donors (Lipinski definition) is 2. The number of nitrogens with zero attached hydrogens (tertiary/aromatic N) is 2. The number of aryl methyl sites for hydroxylation is 2. The molecule has 1 atom stereocenters. The molecule has 0 aliphatic rings. The number of imidazole rings is 1. The smallest absolute Gasteiger partial charge is 0.243 e. The van der Waals surface area contributed by atoms with E-state index in [9.17, 15) is 9.59 Å². The van der Waals surface area contributed by atoms with Crippen molar-refractivity contribution in [1.29, 1.82) is 0 Å². The molecule has 168 valence electrons. The van der Waals surface area contributed by atoms with E-state index in [1.807, 2.05) is 93.6 Å². The Balaban J connectivity index is 1.45. The number of amides is 2. The van der Waals surface area contributed by atoms with E-state index in [1.165, 1.54) is 11.8 Å². The van der Waals surface area contributed by atoms with Crippen LogP contribution in [-0.2, 0) is 9.59 Å². The number of nitrogens with one attached hydrogen (secondary N) is 2. The van der Waals surface area contributed by atoms with Crippen LogP contribution in [-0.4, -0.2) is 33.2 Å². The van der Waals surface area contributed by atoms with Gasteiger partial charge in [0.15, 0.2) is 5.16 Å². The number of thioether (sulfide) groups is 1. The van der Waals surface area contributed by atoms with Gasteiger partial charge in [-0.2, -0.15) is 0 Å². The number of carbonyl (C=O) groups is 2. The second kappa shape index (κ2) is 9.92. The first kappa shape index (κ1) is 22.6. The van der Waals surface area contributed by atoms with Crippen LogP contribution in [0.25, 0.3) is 16.7 Å². The minimum atomic E-state index is -0.433. The van der Waals surface area contributed by atoms with Crippen molar-refractivity contribution >= 4 is 40.3 Å². The van der Waals surface area contributed by atoms with Crippen molar-refractivity contribution in [1.82, 2.24) is 14.9 Å². The van der Waals surface area contributed by atoms with Crippen molar-refractivity contribution in [2.75, 3.05) is 11.9 Å². The molecule has 0 bridgehead atoms. The quantitative estimate of drug-likeness (QED) is 0.387. The minimum Gasteiger partial charge on any atom is -0.346 e. The highest BCUT2D eigenvalue weighted by molar-refractivity contribution is 8.00. The predicted octanol–water partition coefficient (Wildman–Crippen LogP) is 4.88. The maximum Gasteiger partial charge on any atom is 0.243 e. The van der Waals surface area contributed by atoms with Gasteiger partial charge in [-0.15, -0.1) is 0 Å². The third-order valence-electron chi connectivity index (χ3n) is 5.36. The molecule has 0 aliphatic heterocycles. The van der Waals surface area contributed by atoms with Gasteiger partial charge in [0.1, 0.15) is 0 Å². The molecule has 2 N–H and O–H groups in total. The van der Waals surface area contributed by atoms with Gasteiger partial charge in [-0.25, -0.2) is 4.98 Å². The zero-order chi connectivity index (χ0) is 23.4. The number of hydrogen-bond acceptors (Lipinski definition) is 4. The molecule has 0 radical (unpaired) electrons. The van der Waals surface area contributed by atoms with E-state index in [0.717, 1.165) is 38.7 Å². The topological polar surface area (TPSA) is 76.0 Å². The maximum atomic E-state index is 12.8. The first-order chi connectivity index (χ1) is 15.9. The van der Waals surface area contributed by atoms with E-state index in [4.69, 9.17) is 4.98 Å². The highest BCUT2D eigenvalue weighted by Gasteiger charge is 2.21. The standard InChI is InChI=1S/C26H26N4O2S/c1-17-10-9-11-18(2)24(17)29-23(31)16-27-25(32)19(3)33-26-28-21-14-7-8-15-22(21)30(26)20-12-5-4-6-13-20/h4-15,19H,16H2,1-3H3,(H,27,32)(H,29,31). The average Bonchev–Trinajstić information content (AvgIpc) is 3.18. The molecule has 0 saturated carbocycles. The van der Waals surface area contributed by atoms with Gasteiger partial charge in [0.25, 0.3) is 0 Å². The molecule has 7 heteroatoms. The van der Waals surface area contributed by atoms with Crippen LogP contribution in [0.15, 0.2) is 78.0 Å². The SMILES string of the molecule is Cc1cccc(C)c1NC(=O)CNC(=O)C(C)Sc1nc2ccccc2n1-c1ccccc1. The highest BCUT2D eigenvalue weighted by atomic mass is 32.2. The molecule has 3 aromatic carbocycles. The summed E-state index contributed by atoms with van der Waals surface area (Å²) < 4.78 is 2.05. The van der Waals surface area contributed by atoms with Crippen LogP contribution >= 0.6 is 11.8 Å². The summed E-state index contributed by atoms with van der Waals surface area (Å²) in [6.07, 6.45) is 0. The molecule has 4 rings (SSSR count).